The highest BCUT2D eigenvalue weighted by molar-refractivity contribution is 9.11. The lowest BCUT2D eigenvalue weighted by Crippen LogP contribution is -2.45. The number of nitrogens with one attached hydrogen (secondary N) is 1. The molecular weight excluding hydrogens is 391 g/mol. The van der Waals surface area contributed by atoms with Crippen LogP contribution in [0, 0.1) is 6.92 Å². The van der Waals surface area contributed by atoms with Crippen LogP contribution in [0.4, 0.5) is 0 Å². The number of piperazine rings is 1. The van der Waals surface area contributed by atoms with Gasteiger partial charge in [0, 0.05) is 37.1 Å². The van der Waals surface area contributed by atoms with E-state index in [1.807, 2.05) is 11.3 Å². The minimum absolute atomic E-state index is 0. The van der Waals surface area contributed by atoms with Crippen molar-refractivity contribution in [1.29, 1.82) is 0 Å². The smallest absolute Gasteiger partial charge is 0.0731 e. The molecule has 2 nitrogen and oxygen atoms in total. The van der Waals surface area contributed by atoms with Gasteiger partial charge in [0.2, 0.25) is 0 Å². The van der Waals surface area contributed by atoms with Crippen LogP contribution in [-0.2, 0) is 0 Å². The van der Waals surface area contributed by atoms with E-state index in [0.29, 0.717) is 6.04 Å². The summed E-state index contributed by atoms with van der Waals surface area (Å²) in [5.74, 6) is 0. The fourth-order valence-electron chi connectivity index (χ4n) is 2.73. The number of hydrogen-bond acceptors (Lipinski definition) is 3. The first-order chi connectivity index (χ1) is 9.22. The SMILES string of the molecule is CCCCC[C@@H](c1cc(C)c(Br)s1)N1CCNCC1.Cl.Cl. The molecule has 0 amide bonds. The third kappa shape index (κ3) is 6.36. The van der Waals surface area contributed by atoms with E-state index in [4.69, 9.17) is 0 Å². The maximum Gasteiger partial charge on any atom is 0.0731 e. The maximum atomic E-state index is 3.68. The van der Waals surface area contributed by atoms with Gasteiger partial charge < -0.3 is 5.32 Å². The second kappa shape index (κ2) is 11.3. The zero-order valence-corrected chi connectivity index (χ0v) is 16.9. The van der Waals surface area contributed by atoms with E-state index in [1.54, 1.807) is 4.88 Å². The second-order valence-corrected chi connectivity index (χ2v) is 7.80. The predicted molar refractivity (Wildman–Crippen MR) is 103 cm³/mol. The number of unbranched alkanes of at least 4 members (excludes halogenated alkanes) is 2. The zero-order valence-electron chi connectivity index (χ0n) is 12.9. The van der Waals surface area contributed by atoms with Crippen LogP contribution in [-0.4, -0.2) is 31.1 Å². The molecule has 0 radical (unpaired) electrons. The quantitative estimate of drug-likeness (QED) is 0.640. The molecule has 0 saturated carbocycles. The molecule has 0 aromatic carbocycles. The normalized spacial score (nSPS) is 16.9. The molecule has 0 bridgehead atoms. The van der Waals surface area contributed by atoms with E-state index in [-0.39, 0.29) is 24.8 Å². The Kier molecular flexibility index (Phi) is 11.6. The van der Waals surface area contributed by atoms with Crippen LogP contribution in [0.1, 0.15) is 49.1 Å². The number of thiophene rings is 1. The molecule has 1 N–H and O–H groups in total. The molecule has 1 saturated heterocycles. The number of rotatable bonds is 6. The van der Waals surface area contributed by atoms with Gasteiger partial charge in [0.05, 0.1) is 3.79 Å². The molecule has 1 fully saturated rings. The number of hydrogen-bond donors (Lipinski definition) is 1. The topological polar surface area (TPSA) is 15.3 Å². The van der Waals surface area contributed by atoms with Gasteiger partial charge in [-0.25, -0.2) is 0 Å². The average molecular weight is 418 g/mol. The first-order valence-electron chi connectivity index (χ1n) is 7.43. The number of nitrogens with zero attached hydrogens (tertiary/aromatic N) is 1. The van der Waals surface area contributed by atoms with Crippen molar-refractivity contribution in [3.63, 3.8) is 0 Å². The molecule has 124 valence electrons. The van der Waals surface area contributed by atoms with Gasteiger partial charge in [-0.1, -0.05) is 26.2 Å². The standard InChI is InChI=1S/C15H25BrN2S.2ClH/c1-3-4-5-6-13(18-9-7-17-8-10-18)14-11-12(2)15(16)19-14;;/h11,13,17H,3-10H2,1-2H3;2*1H/t13-;;/m0../s1. The first kappa shape index (κ1) is 21.7. The lowest BCUT2D eigenvalue weighted by atomic mass is 10.0. The molecule has 0 spiro atoms. The van der Waals surface area contributed by atoms with E-state index in [2.05, 4.69) is 46.1 Å². The fourth-order valence-corrected chi connectivity index (χ4v) is 4.47. The molecule has 2 heterocycles. The van der Waals surface area contributed by atoms with Crippen molar-refractivity contribution < 1.29 is 0 Å². The van der Waals surface area contributed by atoms with E-state index in [1.165, 1.54) is 48.1 Å². The Morgan fingerprint density at radius 2 is 1.95 bits per heavy atom. The molecule has 1 aliphatic heterocycles. The zero-order chi connectivity index (χ0) is 13.7. The van der Waals surface area contributed by atoms with Crippen molar-refractivity contribution in [3.05, 3.63) is 20.3 Å². The summed E-state index contributed by atoms with van der Waals surface area (Å²) in [7, 11) is 0. The molecule has 1 aliphatic rings. The van der Waals surface area contributed by atoms with Crippen LogP contribution in [0.3, 0.4) is 0 Å². The Hall–Kier alpha value is 0.680. The summed E-state index contributed by atoms with van der Waals surface area (Å²) in [5, 5.41) is 3.46. The highest BCUT2D eigenvalue weighted by Gasteiger charge is 2.23. The van der Waals surface area contributed by atoms with Gasteiger partial charge in [-0.15, -0.1) is 36.2 Å². The summed E-state index contributed by atoms with van der Waals surface area (Å²) in [5.41, 5.74) is 1.38. The molecule has 0 aliphatic carbocycles. The van der Waals surface area contributed by atoms with Crippen LogP contribution in [0.15, 0.2) is 9.85 Å². The van der Waals surface area contributed by atoms with Gasteiger partial charge >= 0.3 is 0 Å². The Morgan fingerprint density at radius 1 is 1.29 bits per heavy atom. The average Bonchev–Trinajstić information content (AvgIpc) is 2.75. The Morgan fingerprint density at radius 3 is 2.48 bits per heavy atom. The highest BCUT2D eigenvalue weighted by atomic mass is 79.9. The van der Waals surface area contributed by atoms with E-state index < -0.39 is 0 Å². The van der Waals surface area contributed by atoms with Crippen molar-refractivity contribution in [3.8, 4) is 0 Å². The van der Waals surface area contributed by atoms with Crippen molar-refractivity contribution in [2.24, 2.45) is 0 Å². The van der Waals surface area contributed by atoms with Crippen molar-refractivity contribution in [1.82, 2.24) is 10.2 Å². The monoisotopic (exact) mass is 416 g/mol. The molecule has 1 aromatic rings. The summed E-state index contributed by atoms with van der Waals surface area (Å²) >= 11 is 5.61. The lowest BCUT2D eigenvalue weighted by molar-refractivity contribution is 0.165. The first-order valence-corrected chi connectivity index (χ1v) is 9.04. The van der Waals surface area contributed by atoms with Crippen molar-refractivity contribution in [2.75, 3.05) is 26.2 Å². The molecule has 0 unspecified atom stereocenters. The van der Waals surface area contributed by atoms with E-state index in [0.717, 1.165) is 13.1 Å². The van der Waals surface area contributed by atoms with Crippen molar-refractivity contribution in [2.45, 2.75) is 45.6 Å². The number of aryl methyl sites for hydroxylation is 1. The van der Waals surface area contributed by atoms with Crippen LogP contribution in [0.2, 0.25) is 0 Å². The third-order valence-electron chi connectivity index (χ3n) is 3.88. The van der Waals surface area contributed by atoms with Gasteiger partial charge in [-0.2, -0.15) is 0 Å². The largest absolute Gasteiger partial charge is 0.314 e. The third-order valence-corrected chi connectivity index (χ3v) is 6.12. The molecule has 6 heteroatoms. The lowest BCUT2D eigenvalue weighted by Gasteiger charge is -2.34. The summed E-state index contributed by atoms with van der Waals surface area (Å²) in [6, 6.07) is 3.01. The van der Waals surface area contributed by atoms with Crippen molar-refractivity contribution >= 4 is 52.1 Å². The van der Waals surface area contributed by atoms with E-state index in [9.17, 15) is 0 Å². The predicted octanol–water partition coefficient (Wildman–Crippen LogP) is 5.19. The number of halogens is 3. The highest BCUT2D eigenvalue weighted by Crippen LogP contribution is 2.36. The summed E-state index contributed by atoms with van der Waals surface area (Å²) < 4.78 is 1.30. The second-order valence-electron chi connectivity index (χ2n) is 5.40. The van der Waals surface area contributed by atoms with Crippen LogP contribution in [0.25, 0.3) is 0 Å². The van der Waals surface area contributed by atoms with Crippen LogP contribution in [0.5, 0.6) is 0 Å². The summed E-state index contributed by atoms with van der Waals surface area (Å²) in [6.07, 6.45) is 5.31. The van der Waals surface area contributed by atoms with Gasteiger partial charge in [-0.3, -0.25) is 4.90 Å². The fraction of sp³-hybridized carbons (Fsp3) is 0.733. The molecule has 1 aromatic heterocycles. The maximum absolute atomic E-state index is 3.68. The van der Waals surface area contributed by atoms with Gasteiger partial charge in [0.15, 0.2) is 0 Å². The molecule has 21 heavy (non-hydrogen) atoms. The summed E-state index contributed by atoms with van der Waals surface area (Å²) in [6.45, 7) is 9.12. The van der Waals surface area contributed by atoms with Gasteiger partial charge in [0.1, 0.15) is 0 Å². The van der Waals surface area contributed by atoms with Gasteiger partial charge in [0.25, 0.3) is 0 Å². The minimum Gasteiger partial charge on any atom is -0.314 e. The molecular formula is C15H27BrCl2N2S. The Bertz CT molecular complexity index is 376. The summed E-state index contributed by atoms with van der Waals surface area (Å²) in [4.78, 5) is 4.21. The van der Waals surface area contributed by atoms with Crippen LogP contribution < -0.4 is 5.32 Å². The molecule has 2 rings (SSSR count). The Labute approximate surface area is 154 Å². The van der Waals surface area contributed by atoms with Crippen LogP contribution >= 0.6 is 52.1 Å². The van der Waals surface area contributed by atoms with E-state index >= 15 is 0 Å². The minimum atomic E-state index is 0. The van der Waals surface area contributed by atoms with Gasteiger partial charge in [-0.05, 0) is 40.9 Å². The Balaban J connectivity index is 0.00000200. The molecule has 1 atom stereocenters.